The van der Waals surface area contributed by atoms with Crippen LogP contribution in [-0.4, -0.2) is 46.8 Å². The molecule has 32 heavy (non-hydrogen) atoms. The van der Waals surface area contributed by atoms with Crippen molar-refractivity contribution in [3.05, 3.63) is 77.7 Å². The lowest BCUT2D eigenvalue weighted by Gasteiger charge is -2.16. The van der Waals surface area contributed by atoms with Crippen LogP contribution in [-0.2, 0) is 6.54 Å². The molecule has 164 valence electrons. The van der Waals surface area contributed by atoms with Crippen molar-refractivity contribution in [3.63, 3.8) is 0 Å². The van der Waals surface area contributed by atoms with Gasteiger partial charge in [0.15, 0.2) is 17.1 Å². The molecule has 0 aliphatic carbocycles. The van der Waals surface area contributed by atoms with Gasteiger partial charge in [0, 0.05) is 30.8 Å². The topological polar surface area (TPSA) is 51.9 Å². The smallest absolute Gasteiger partial charge is 0.163 e. The van der Waals surface area contributed by atoms with Crippen LogP contribution in [0.15, 0.2) is 60.8 Å². The van der Waals surface area contributed by atoms with E-state index in [2.05, 4.69) is 41.3 Å². The summed E-state index contributed by atoms with van der Waals surface area (Å²) in [6.45, 7) is 5.15. The summed E-state index contributed by atoms with van der Waals surface area (Å²) in [6.07, 6.45) is 3.03. The van der Waals surface area contributed by atoms with E-state index in [1.807, 2.05) is 35.8 Å². The van der Waals surface area contributed by atoms with Gasteiger partial charge in [-0.2, -0.15) is 5.10 Å². The fourth-order valence-corrected chi connectivity index (χ4v) is 4.77. The highest BCUT2D eigenvalue weighted by Gasteiger charge is 2.27. The molecule has 0 amide bonds. The molecule has 1 saturated heterocycles. The van der Waals surface area contributed by atoms with E-state index in [0.717, 1.165) is 48.5 Å². The minimum absolute atomic E-state index is 0.432. The van der Waals surface area contributed by atoms with E-state index in [4.69, 9.17) is 19.6 Å². The molecule has 3 heterocycles. The van der Waals surface area contributed by atoms with Crippen molar-refractivity contribution in [2.75, 3.05) is 27.3 Å². The Balaban J connectivity index is 1.47. The molecule has 5 rings (SSSR count). The average Bonchev–Trinajstić information content (AvgIpc) is 3.42. The van der Waals surface area contributed by atoms with Gasteiger partial charge in [-0.25, -0.2) is 9.50 Å². The zero-order valence-corrected chi connectivity index (χ0v) is 18.8. The molecule has 4 aromatic rings. The highest BCUT2D eigenvalue weighted by Crippen LogP contribution is 2.36. The first-order valence-electron chi connectivity index (χ1n) is 11.0. The summed E-state index contributed by atoms with van der Waals surface area (Å²) in [5.41, 5.74) is 6.48. The number of fused-ring (bicyclic) bond motifs is 1. The van der Waals surface area contributed by atoms with Crippen molar-refractivity contribution in [2.45, 2.75) is 25.8 Å². The van der Waals surface area contributed by atoms with Crippen LogP contribution in [0.2, 0.25) is 0 Å². The number of likely N-dealkylation sites (tertiary alicyclic amines) is 1. The first kappa shape index (κ1) is 20.5. The van der Waals surface area contributed by atoms with Crippen LogP contribution >= 0.6 is 0 Å². The number of methoxy groups -OCH3 is 2. The van der Waals surface area contributed by atoms with Crippen LogP contribution in [0.4, 0.5) is 0 Å². The number of rotatable bonds is 6. The van der Waals surface area contributed by atoms with Gasteiger partial charge in [-0.15, -0.1) is 0 Å². The molecule has 1 aliphatic rings. The largest absolute Gasteiger partial charge is 0.493 e. The van der Waals surface area contributed by atoms with Crippen LogP contribution in [0.25, 0.3) is 16.8 Å². The normalized spacial score (nSPS) is 16.5. The molecule has 1 fully saturated rings. The number of benzene rings is 2. The van der Waals surface area contributed by atoms with Crippen LogP contribution in [0.1, 0.15) is 29.3 Å². The molecule has 0 N–H and O–H groups in total. The van der Waals surface area contributed by atoms with Crippen LogP contribution in [0.5, 0.6) is 11.5 Å². The van der Waals surface area contributed by atoms with Crippen molar-refractivity contribution in [2.24, 2.45) is 0 Å². The van der Waals surface area contributed by atoms with E-state index < -0.39 is 0 Å². The summed E-state index contributed by atoms with van der Waals surface area (Å²) >= 11 is 0. The third kappa shape index (κ3) is 3.71. The summed E-state index contributed by atoms with van der Waals surface area (Å²) in [7, 11) is 3.30. The molecule has 0 unspecified atom stereocenters. The lowest BCUT2D eigenvalue weighted by atomic mass is 10.0. The number of hydrogen-bond acceptors (Lipinski definition) is 5. The molecule has 1 aliphatic heterocycles. The van der Waals surface area contributed by atoms with Gasteiger partial charge >= 0.3 is 0 Å². The predicted molar refractivity (Wildman–Crippen MR) is 125 cm³/mol. The Morgan fingerprint density at radius 1 is 1.00 bits per heavy atom. The van der Waals surface area contributed by atoms with Gasteiger partial charge in [0.1, 0.15) is 0 Å². The number of nitrogens with zero attached hydrogens (tertiary/aromatic N) is 4. The molecule has 6 heteroatoms. The fraction of sp³-hybridized carbons (Fsp3) is 0.308. The Kier molecular flexibility index (Phi) is 5.53. The lowest BCUT2D eigenvalue weighted by Crippen LogP contribution is -2.20. The van der Waals surface area contributed by atoms with Crippen molar-refractivity contribution >= 4 is 5.65 Å². The molecule has 0 saturated carbocycles. The Morgan fingerprint density at radius 3 is 2.59 bits per heavy atom. The van der Waals surface area contributed by atoms with Crippen molar-refractivity contribution < 1.29 is 9.47 Å². The minimum Gasteiger partial charge on any atom is -0.493 e. The Morgan fingerprint density at radius 2 is 1.81 bits per heavy atom. The van der Waals surface area contributed by atoms with E-state index >= 15 is 0 Å². The predicted octanol–water partition coefficient (Wildman–Crippen LogP) is 4.71. The quantitative estimate of drug-likeness (QED) is 0.445. The maximum atomic E-state index is 5.51. The second-order valence-electron chi connectivity index (χ2n) is 8.34. The molecular weight excluding hydrogens is 400 g/mol. The molecule has 2 aromatic carbocycles. The van der Waals surface area contributed by atoms with E-state index in [1.165, 1.54) is 11.3 Å². The maximum absolute atomic E-state index is 5.51. The third-order valence-corrected chi connectivity index (χ3v) is 6.33. The van der Waals surface area contributed by atoms with Crippen LogP contribution in [0.3, 0.4) is 0 Å². The van der Waals surface area contributed by atoms with E-state index in [9.17, 15) is 0 Å². The second-order valence-corrected chi connectivity index (χ2v) is 8.34. The molecule has 2 aromatic heterocycles. The van der Waals surface area contributed by atoms with Gasteiger partial charge in [-0.1, -0.05) is 36.4 Å². The highest BCUT2D eigenvalue weighted by atomic mass is 16.5. The second kappa shape index (κ2) is 8.63. The Bertz CT molecular complexity index is 1240. The first-order chi connectivity index (χ1) is 15.7. The van der Waals surface area contributed by atoms with Gasteiger partial charge < -0.3 is 9.47 Å². The first-order valence-corrected chi connectivity index (χ1v) is 11.0. The molecule has 0 bridgehead atoms. The van der Waals surface area contributed by atoms with Crippen molar-refractivity contribution in [3.8, 4) is 22.6 Å². The van der Waals surface area contributed by atoms with Gasteiger partial charge in [-0.3, -0.25) is 4.90 Å². The molecule has 0 radical (unpaired) electrons. The van der Waals surface area contributed by atoms with E-state index in [0.29, 0.717) is 17.4 Å². The summed E-state index contributed by atoms with van der Waals surface area (Å²) in [5, 5.41) is 4.90. The molecule has 1 atom stereocenters. The SMILES string of the molecule is COc1ccc(-c2c(C)nn3c([C@H]4CCN(Cc5ccccc5)C4)ccnc23)cc1OC. The molecule has 6 nitrogen and oxygen atoms in total. The van der Waals surface area contributed by atoms with Crippen molar-refractivity contribution in [1.29, 1.82) is 0 Å². The van der Waals surface area contributed by atoms with Crippen LogP contribution < -0.4 is 9.47 Å². The Labute approximate surface area is 188 Å². The average molecular weight is 429 g/mol. The Hall–Kier alpha value is -3.38. The zero-order valence-electron chi connectivity index (χ0n) is 18.8. The summed E-state index contributed by atoms with van der Waals surface area (Å²) in [4.78, 5) is 7.24. The zero-order chi connectivity index (χ0) is 22.1. The lowest BCUT2D eigenvalue weighted by molar-refractivity contribution is 0.326. The number of ether oxygens (including phenoxy) is 2. The monoisotopic (exact) mass is 428 g/mol. The maximum Gasteiger partial charge on any atom is 0.163 e. The summed E-state index contributed by atoms with van der Waals surface area (Å²) < 4.78 is 13.0. The fourth-order valence-electron chi connectivity index (χ4n) is 4.77. The summed E-state index contributed by atoms with van der Waals surface area (Å²) in [6, 6.07) is 18.8. The van der Waals surface area contributed by atoms with Gasteiger partial charge in [0.25, 0.3) is 0 Å². The number of aromatic nitrogens is 3. The summed E-state index contributed by atoms with van der Waals surface area (Å²) in [5.74, 6) is 1.84. The van der Waals surface area contributed by atoms with Crippen LogP contribution in [0, 0.1) is 6.92 Å². The highest BCUT2D eigenvalue weighted by molar-refractivity contribution is 5.81. The van der Waals surface area contributed by atoms with Gasteiger partial charge in [0.05, 0.1) is 25.6 Å². The number of aryl methyl sites for hydroxylation is 1. The standard InChI is InChI=1S/C26H28N4O2/c1-18-25(20-9-10-23(31-2)24(15-20)32-3)26-27-13-11-22(30(26)28-18)21-12-14-29(17-21)16-19-7-5-4-6-8-19/h4-11,13,15,21H,12,14,16-17H2,1-3H3/t21-/m0/s1. The van der Waals surface area contributed by atoms with Crippen molar-refractivity contribution in [1.82, 2.24) is 19.5 Å². The molecular formula is C26H28N4O2. The van der Waals surface area contributed by atoms with E-state index in [1.54, 1.807) is 14.2 Å². The van der Waals surface area contributed by atoms with E-state index in [-0.39, 0.29) is 0 Å². The van der Waals surface area contributed by atoms with Gasteiger partial charge in [-0.05, 0) is 49.2 Å². The molecule has 0 spiro atoms. The van der Waals surface area contributed by atoms with Gasteiger partial charge in [0.2, 0.25) is 0 Å². The third-order valence-electron chi connectivity index (χ3n) is 6.33. The number of hydrogen-bond donors (Lipinski definition) is 0. The minimum atomic E-state index is 0.432.